The summed E-state index contributed by atoms with van der Waals surface area (Å²) in [6.07, 6.45) is 0. The van der Waals surface area contributed by atoms with Gasteiger partial charge in [0.2, 0.25) is 0 Å². The highest BCUT2D eigenvalue weighted by molar-refractivity contribution is 7.07. The molecule has 1 aliphatic rings. The number of piperazine rings is 1. The van der Waals surface area contributed by atoms with Crippen LogP contribution in [0.5, 0.6) is 0 Å². The molecule has 17 heavy (non-hydrogen) atoms. The van der Waals surface area contributed by atoms with Crippen LogP contribution in [0.2, 0.25) is 0 Å². The highest BCUT2D eigenvalue weighted by atomic mass is 32.1. The molecule has 96 valence electrons. The average Bonchev–Trinajstić information content (AvgIpc) is 2.73. The van der Waals surface area contributed by atoms with Crippen molar-refractivity contribution in [2.45, 2.75) is 6.54 Å². The Morgan fingerprint density at radius 2 is 2.18 bits per heavy atom. The van der Waals surface area contributed by atoms with E-state index in [1.165, 1.54) is 11.3 Å². The standard InChI is InChI=1S/C11H20N4OS/c1-14-4-6-15(7-5-14)3-2-12-8-10-9-17-11(16)13-10/h9,12H,2-8H2,1H3,(H,13,16). The first-order valence-electron chi connectivity index (χ1n) is 6.02. The summed E-state index contributed by atoms with van der Waals surface area (Å²) in [4.78, 5) is 18.6. The van der Waals surface area contributed by atoms with Crippen molar-refractivity contribution >= 4 is 11.3 Å². The molecule has 5 nitrogen and oxygen atoms in total. The highest BCUT2D eigenvalue weighted by Crippen LogP contribution is 1.98. The maximum atomic E-state index is 10.9. The van der Waals surface area contributed by atoms with E-state index in [4.69, 9.17) is 0 Å². The van der Waals surface area contributed by atoms with Gasteiger partial charge in [0.05, 0.1) is 0 Å². The molecule has 0 spiro atoms. The number of nitrogens with one attached hydrogen (secondary N) is 2. The fourth-order valence-electron chi connectivity index (χ4n) is 1.93. The Labute approximate surface area is 105 Å². The summed E-state index contributed by atoms with van der Waals surface area (Å²) >= 11 is 1.22. The molecule has 0 aromatic carbocycles. The molecule has 0 unspecified atom stereocenters. The Bertz CT molecular complexity index is 381. The maximum absolute atomic E-state index is 10.9. The fourth-order valence-corrected chi connectivity index (χ4v) is 2.51. The molecule has 0 aliphatic carbocycles. The lowest BCUT2D eigenvalue weighted by Gasteiger charge is -2.32. The number of aromatic amines is 1. The van der Waals surface area contributed by atoms with Crippen molar-refractivity contribution in [2.75, 3.05) is 46.3 Å². The predicted molar refractivity (Wildman–Crippen MR) is 70.6 cm³/mol. The molecule has 0 saturated carbocycles. The zero-order valence-corrected chi connectivity index (χ0v) is 11.1. The van der Waals surface area contributed by atoms with Gasteiger partial charge in [-0.05, 0) is 7.05 Å². The Morgan fingerprint density at radius 3 is 2.82 bits per heavy atom. The van der Waals surface area contributed by atoms with Gasteiger partial charge in [-0.2, -0.15) is 0 Å². The minimum Gasteiger partial charge on any atom is -0.315 e. The van der Waals surface area contributed by atoms with Gasteiger partial charge >= 0.3 is 4.87 Å². The van der Waals surface area contributed by atoms with Gasteiger partial charge in [-0.25, -0.2) is 0 Å². The molecular weight excluding hydrogens is 236 g/mol. The Morgan fingerprint density at radius 1 is 1.41 bits per heavy atom. The van der Waals surface area contributed by atoms with Crippen LogP contribution in [-0.4, -0.2) is 61.1 Å². The van der Waals surface area contributed by atoms with E-state index in [1.807, 2.05) is 5.38 Å². The summed E-state index contributed by atoms with van der Waals surface area (Å²) in [5, 5.41) is 5.23. The van der Waals surface area contributed by atoms with Crippen molar-refractivity contribution in [3.63, 3.8) is 0 Å². The average molecular weight is 256 g/mol. The molecule has 0 bridgehead atoms. The van der Waals surface area contributed by atoms with Gasteiger partial charge in [-0.1, -0.05) is 11.3 Å². The molecule has 2 heterocycles. The molecular formula is C11H20N4OS. The van der Waals surface area contributed by atoms with E-state index in [1.54, 1.807) is 0 Å². The smallest absolute Gasteiger partial charge is 0.304 e. The van der Waals surface area contributed by atoms with Crippen LogP contribution in [0, 0.1) is 0 Å². The zero-order valence-electron chi connectivity index (χ0n) is 10.2. The third kappa shape index (κ3) is 4.23. The van der Waals surface area contributed by atoms with Gasteiger partial charge in [0.1, 0.15) is 0 Å². The van der Waals surface area contributed by atoms with Crippen LogP contribution >= 0.6 is 11.3 Å². The summed E-state index contributed by atoms with van der Waals surface area (Å²) in [7, 11) is 2.17. The van der Waals surface area contributed by atoms with Gasteiger partial charge in [0.25, 0.3) is 0 Å². The zero-order chi connectivity index (χ0) is 12.1. The van der Waals surface area contributed by atoms with Crippen LogP contribution in [0.15, 0.2) is 10.2 Å². The van der Waals surface area contributed by atoms with Crippen molar-refractivity contribution in [3.8, 4) is 0 Å². The second-order valence-corrected chi connectivity index (χ2v) is 5.34. The number of hydrogen-bond donors (Lipinski definition) is 2. The first-order chi connectivity index (χ1) is 8.24. The SMILES string of the molecule is CN1CCN(CCNCc2csc(=O)[nH]2)CC1. The molecule has 1 aromatic heterocycles. The molecule has 1 aliphatic heterocycles. The van der Waals surface area contributed by atoms with Crippen molar-refractivity contribution in [2.24, 2.45) is 0 Å². The Kier molecular flexibility index (Phi) is 4.73. The summed E-state index contributed by atoms with van der Waals surface area (Å²) in [6.45, 7) is 7.47. The van der Waals surface area contributed by atoms with Crippen molar-refractivity contribution in [1.82, 2.24) is 20.1 Å². The third-order valence-electron chi connectivity index (χ3n) is 3.09. The molecule has 1 fully saturated rings. The van der Waals surface area contributed by atoms with Gasteiger partial charge in [-0.15, -0.1) is 0 Å². The number of nitrogens with zero attached hydrogens (tertiary/aromatic N) is 2. The van der Waals surface area contributed by atoms with Crippen LogP contribution in [0.3, 0.4) is 0 Å². The van der Waals surface area contributed by atoms with Crippen LogP contribution in [0.4, 0.5) is 0 Å². The lowest BCUT2D eigenvalue weighted by atomic mass is 10.3. The lowest BCUT2D eigenvalue weighted by Crippen LogP contribution is -2.46. The fraction of sp³-hybridized carbons (Fsp3) is 0.727. The van der Waals surface area contributed by atoms with Gasteiger partial charge in [0, 0.05) is 56.9 Å². The summed E-state index contributed by atoms with van der Waals surface area (Å²) in [5.41, 5.74) is 0.985. The predicted octanol–water partition coefficient (Wildman–Crippen LogP) is -0.227. The summed E-state index contributed by atoms with van der Waals surface area (Å²) in [5.74, 6) is 0. The monoisotopic (exact) mass is 256 g/mol. The molecule has 1 aromatic rings. The number of likely N-dealkylation sites (N-methyl/N-ethyl adjacent to an activating group) is 1. The second kappa shape index (κ2) is 6.30. The lowest BCUT2D eigenvalue weighted by molar-refractivity contribution is 0.154. The van der Waals surface area contributed by atoms with Crippen LogP contribution in [-0.2, 0) is 6.54 Å². The minimum absolute atomic E-state index is 0.0286. The van der Waals surface area contributed by atoms with E-state index in [0.717, 1.165) is 51.5 Å². The number of thiazole rings is 1. The molecule has 2 rings (SSSR count). The van der Waals surface area contributed by atoms with E-state index in [-0.39, 0.29) is 4.87 Å². The van der Waals surface area contributed by atoms with Gasteiger partial charge < -0.3 is 15.2 Å². The van der Waals surface area contributed by atoms with Gasteiger partial charge in [-0.3, -0.25) is 9.69 Å². The quantitative estimate of drug-likeness (QED) is 0.715. The van der Waals surface area contributed by atoms with Crippen LogP contribution in [0.25, 0.3) is 0 Å². The molecule has 6 heteroatoms. The Balaban J connectivity index is 1.58. The van der Waals surface area contributed by atoms with Crippen molar-refractivity contribution in [3.05, 3.63) is 20.7 Å². The highest BCUT2D eigenvalue weighted by Gasteiger charge is 2.12. The topological polar surface area (TPSA) is 51.4 Å². The number of aromatic nitrogens is 1. The van der Waals surface area contributed by atoms with E-state index in [0.29, 0.717) is 0 Å². The first kappa shape index (κ1) is 12.8. The molecule has 2 N–H and O–H groups in total. The molecule has 0 amide bonds. The number of H-pyrrole nitrogens is 1. The third-order valence-corrected chi connectivity index (χ3v) is 3.81. The Hall–Kier alpha value is -0.690. The van der Waals surface area contributed by atoms with E-state index in [9.17, 15) is 4.79 Å². The number of hydrogen-bond acceptors (Lipinski definition) is 5. The van der Waals surface area contributed by atoms with Crippen LogP contribution < -0.4 is 10.2 Å². The van der Waals surface area contributed by atoms with Gasteiger partial charge in [0.15, 0.2) is 0 Å². The van der Waals surface area contributed by atoms with E-state index in [2.05, 4.69) is 27.1 Å². The first-order valence-corrected chi connectivity index (χ1v) is 6.90. The second-order valence-electron chi connectivity index (χ2n) is 4.50. The van der Waals surface area contributed by atoms with Crippen molar-refractivity contribution < 1.29 is 0 Å². The molecule has 0 radical (unpaired) electrons. The maximum Gasteiger partial charge on any atom is 0.304 e. The molecule has 0 atom stereocenters. The normalized spacial score (nSPS) is 18.6. The van der Waals surface area contributed by atoms with Crippen molar-refractivity contribution in [1.29, 1.82) is 0 Å². The summed E-state index contributed by atoms with van der Waals surface area (Å²) in [6, 6.07) is 0. The number of rotatable bonds is 5. The minimum atomic E-state index is 0.0286. The van der Waals surface area contributed by atoms with E-state index < -0.39 is 0 Å². The van der Waals surface area contributed by atoms with Crippen LogP contribution in [0.1, 0.15) is 5.69 Å². The summed E-state index contributed by atoms with van der Waals surface area (Å²) < 4.78 is 0. The van der Waals surface area contributed by atoms with E-state index >= 15 is 0 Å². The largest absolute Gasteiger partial charge is 0.315 e. The molecule has 1 saturated heterocycles.